The number of methoxy groups -OCH3 is 1. The minimum Gasteiger partial charge on any atom is -0.495 e. The van der Waals surface area contributed by atoms with Crippen LogP contribution in [0, 0.1) is 0 Å². The Hall–Kier alpha value is -1.79. The van der Waals surface area contributed by atoms with Crippen molar-refractivity contribution in [2.24, 2.45) is 0 Å². The van der Waals surface area contributed by atoms with Crippen LogP contribution in [0.25, 0.3) is 0 Å². The molecule has 22 heavy (non-hydrogen) atoms. The molecule has 1 aromatic rings. The van der Waals surface area contributed by atoms with E-state index in [0.29, 0.717) is 29.5 Å². The van der Waals surface area contributed by atoms with E-state index in [4.69, 9.17) is 21.1 Å². The van der Waals surface area contributed by atoms with Gasteiger partial charge in [-0.05, 0) is 32.0 Å². The number of nitrogens with zero attached hydrogens (tertiary/aromatic N) is 1. The topological polar surface area (TPSA) is 67.9 Å². The van der Waals surface area contributed by atoms with E-state index in [1.165, 1.54) is 18.1 Å². The molecule has 1 aliphatic rings. The second kappa shape index (κ2) is 6.98. The zero-order valence-corrected chi connectivity index (χ0v) is 13.5. The van der Waals surface area contributed by atoms with Gasteiger partial charge >= 0.3 is 11.8 Å². The van der Waals surface area contributed by atoms with Gasteiger partial charge in [0, 0.05) is 18.8 Å². The van der Waals surface area contributed by atoms with E-state index in [2.05, 4.69) is 5.32 Å². The van der Waals surface area contributed by atoms with Gasteiger partial charge in [0.2, 0.25) is 0 Å². The highest BCUT2D eigenvalue weighted by Gasteiger charge is 2.29. The molecule has 1 fully saturated rings. The quantitative estimate of drug-likeness (QED) is 0.843. The van der Waals surface area contributed by atoms with E-state index in [1.807, 2.05) is 13.8 Å². The Morgan fingerprint density at radius 3 is 2.50 bits per heavy atom. The minimum atomic E-state index is -0.692. The summed E-state index contributed by atoms with van der Waals surface area (Å²) in [4.78, 5) is 25.8. The standard InChI is InChI=1S/C15H19ClN2O4/c1-9-7-18(8-10(2)22-9)15(20)14(19)17-11-4-5-13(21-3)12(16)6-11/h4-6,9-10H,7-8H2,1-3H3,(H,17,19). The highest BCUT2D eigenvalue weighted by Crippen LogP contribution is 2.27. The van der Waals surface area contributed by atoms with Crippen molar-refractivity contribution >= 4 is 29.1 Å². The van der Waals surface area contributed by atoms with Crippen LogP contribution >= 0.6 is 11.6 Å². The van der Waals surface area contributed by atoms with Gasteiger partial charge in [0.15, 0.2) is 0 Å². The highest BCUT2D eigenvalue weighted by molar-refractivity contribution is 6.39. The molecule has 0 saturated carbocycles. The Balaban J connectivity index is 2.02. The van der Waals surface area contributed by atoms with Gasteiger partial charge in [-0.1, -0.05) is 11.6 Å². The van der Waals surface area contributed by atoms with Crippen molar-refractivity contribution < 1.29 is 19.1 Å². The molecule has 1 saturated heterocycles. The fourth-order valence-electron chi connectivity index (χ4n) is 2.42. The van der Waals surface area contributed by atoms with Gasteiger partial charge < -0.3 is 19.7 Å². The van der Waals surface area contributed by atoms with Gasteiger partial charge in [-0.15, -0.1) is 0 Å². The maximum Gasteiger partial charge on any atom is 0.313 e. The molecule has 2 rings (SSSR count). The first kappa shape index (κ1) is 16.6. The maximum atomic E-state index is 12.2. The molecular formula is C15H19ClN2O4. The number of morpholine rings is 1. The van der Waals surface area contributed by atoms with E-state index in [1.54, 1.807) is 12.1 Å². The summed E-state index contributed by atoms with van der Waals surface area (Å²) in [5, 5.41) is 2.91. The molecule has 0 aliphatic carbocycles. The van der Waals surface area contributed by atoms with Crippen LogP contribution in [0.1, 0.15) is 13.8 Å². The van der Waals surface area contributed by atoms with Gasteiger partial charge in [-0.2, -0.15) is 0 Å². The zero-order chi connectivity index (χ0) is 16.3. The monoisotopic (exact) mass is 326 g/mol. The van der Waals surface area contributed by atoms with Crippen LogP contribution in [0.5, 0.6) is 5.75 Å². The molecular weight excluding hydrogens is 308 g/mol. The minimum absolute atomic E-state index is 0.0871. The largest absolute Gasteiger partial charge is 0.495 e. The van der Waals surface area contributed by atoms with Gasteiger partial charge in [0.05, 0.1) is 24.3 Å². The lowest BCUT2D eigenvalue weighted by atomic mass is 10.2. The Bertz CT molecular complexity index is 569. The average Bonchev–Trinajstić information content (AvgIpc) is 2.45. The van der Waals surface area contributed by atoms with Crippen molar-refractivity contribution in [1.82, 2.24) is 4.90 Å². The Kier molecular flexibility index (Phi) is 5.26. The second-order valence-corrected chi connectivity index (χ2v) is 5.68. The first-order valence-corrected chi connectivity index (χ1v) is 7.37. The van der Waals surface area contributed by atoms with Crippen molar-refractivity contribution in [2.75, 3.05) is 25.5 Å². The number of rotatable bonds is 2. The lowest BCUT2D eigenvalue weighted by Crippen LogP contribution is -2.51. The van der Waals surface area contributed by atoms with Crippen LogP contribution in [0.15, 0.2) is 18.2 Å². The van der Waals surface area contributed by atoms with Crippen LogP contribution in [-0.4, -0.2) is 49.1 Å². The van der Waals surface area contributed by atoms with Crippen molar-refractivity contribution in [1.29, 1.82) is 0 Å². The molecule has 0 aromatic heterocycles. The van der Waals surface area contributed by atoms with Crippen LogP contribution in [0.2, 0.25) is 5.02 Å². The molecule has 2 unspecified atom stereocenters. The number of benzene rings is 1. The summed E-state index contributed by atoms with van der Waals surface area (Å²) in [7, 11) is 1.50. The molecule has 120 valence electrons. The first-order valence-electron chi connectivity index (χ1n) is 7.00. The average molecular weight is 327 g/mol. The number of hydrogen-bond donors (Lipinski definition) is 1. The number of carbonyl (C=O) groups is 2. The smallest absolute Gasteiger partial charge is 0.313 e. The summed E-state index contributed by atoms with van der Waals surface area (Å²) >= 11 is 5.99. The molecule has 1 aromatic carbocycles. The first-order chi connectivity index (χ1) is 10.4. The third-order valence-electron chi connectivity index (χ3n) is 3.31. The molecule has 1 N–H and O–H groups in total. The molecule has 1 aliphatic heterocycles. The predicted octanol–water partition coefficient (Wildman–Crippen LogP) is 1.92. The molecule has 0 spiro atoms. The van der Waals surface area contributed by atoms with E-state index < -0.39 is 11.8 Å². The fourth-order valence-corrected chi connectivity index (χ4v) is 2.67. The van der Waals surface area contributed by atoms with Crippen molar-refractivity contribution in [3.63, 3.8) is 0 Å². The highest BCUT2D eigenvalue weighted by atomic mass is 35.5. The van der Waals surface area contributed by atoms with Crippen LogP contribution in [0.3, 0.4) is 0 Å². The van der Waals surface area contributed by atoms with E-state index in [9.17, 15) is 9.59 Å². The van der Waals surface area contributed by atoms with Gasteiger partial charge in [0.1, 0.15) is 5.75 Å². The molecule has 6 nitrogen and oxygen atoms in total. The SMILES string of the molecule is COc1ccc(NC(=O)C(=O)N2CC(C)OC(C)C2)cc1Cl. The number of nitrogens with one attached hydrogen (secondary N) is 1. The molecule has 7 heteroatoms. The van der Waals surface area contributed by atoms with Crippen molar-refractivity contribution in [3.8, 4) is 5.75 Å². The summed E-state index contributed by atoms with van der Waals surface area (Å²) in [5.74, 6) is -0.765. The summed E-state index contributed by atoms with van der Waals surface area (Å²) in [6.45, 7) is 4.55. The molecule has 1 heterocycles. The zero-order valence-electron chi connectivity index (χ0n) is 12.8. The van der Waals surface area contributed by atoms with Crippen LogP contribution in [-0.2, 0) is 14.3 Å². The number of anilines is 1. The molecule has 2 amide bonds. The second-order valence-electron chi connectivity index (χ2n) is 5.27. The number of amides is 2. The summed E-state index contributed by atoms with van der Waals surface area (Å²) in [5.41, 5.74) is 0.443. The lowest BCUT2D eigenvalue weighted by molar-refractivity contribution is -0.151. The number of halogens is 1. The Labute approximate surface area is 134 Å². The molecule has 2 atom stereocenters. The fraction of sp³-hybridized carbons (Fsp3) is 0.467. The number of ether oxygens (including phenoxy) is 2. The molecule has 0 radical (unpaired) electrons. The van der Waals surface area contributed by atoms with E-state index >= 15 is 0 Å². The van der Waals surface area contributed by atoms with Gasteiger partial charge in [-0.3, -0.25) is 9.59 Å². The molecule has 0 bridgehead atoms. The Morgan fingerprint density at radius 2 is 1.95 bits per heavy atom. The van der Waals surface area contributed by atoms with Crippen molar-refractivity contribution in [3.05, 3.63) is 23.2 Å². The normalized spacial score (nSPS) is 21.4. The number of hydrogen-bond acceptors (Lipinski definition) is 4. The van der Waals surface area contributed by atoms with Gasteiger partial charge in [0.25, 0.3) is 0 Å². The summed E-state index contributed by atoms with van der Waals surface area (Å²) in [6.07, 6.45) is -0.174. The summed E-state index contributed by atoms with van der Waals surface area (Å²) in [6, 6.07) is 4.79. The van der Waals surface area contributed by atoms with Crippen LogP contribution < -0.4 is 10.1 Å². The number of carbonyl (C=O) groups excluding carboxylic acids is 2. The third kappa shape index (κ3) is 3.90. The lowest BCUT2D eigenvalue weighted by Gasteiger charge is -2.34. The maximum absolute atomic E-state index is 12.2. The third-order valence-corrected chi connectivity index (χ3v) is 3.61. The van der Waals surface area contributed by atoms with E-state index in [0.717, 1.165) is 0 Å². The summed E-state index contributed by atoms with van der Waals surface area (Å²) < 4.78 is 10.6. The Morgan fingerprint density at radius 1 is 1.32 bits per heavy atom. The predicted molar refractivity (Wildman–Crippen MR) is 83.2 cm³/mol. The van der Waals surface area contributed by atoms with E-state index in [-0.39, 0.29) is 12.2 Å². The van der Waals surface area contributed by atoms with Gasteiger partial charge in [-0.25, -0.2) is 0 Å². The van der Waals surface area contributed by atoms with Crippen LogP contribution in [0.4, 0.5) is 5.69 Å². The van der Waals surface area contributed by atoms with Crippen molar-refractivity contribution in [2.45, 2.75) is 26.1 Å².